The maximum atomic E-state index is 12.8. The monoisotopic (exact) mass is 340 g/mol. The van der Waals surface area contributed by atoms with E-state index in [0.29, 0.717) is 37.0 Å². The molecule has 1 saturated heterocycles. The highest BCUT2D eigenvalue weighted by Gasteiger charge is 2.30. The predicted octanol–water partition coefficient (Wildman–Crippen LogP) is 2.89. The van der Waals surface area contributed by atoms with E-state index in [2.05, 4.69) is 15.2 Å². The van der Waals surface area contributed by atoms with Crippen molar-refractivity contribution in [2.24, 2.45) is 0 Å². The molecule has 1 N–H and O–H groups in total. The van der Waals surface area contributed by atoms with Crippen LogP contribution in [0.25, 0.3) is 10.9 Å². The van der Waals surface area contributed by atoms with Crippen LogP contribution in [0.3, 0.4) is 0 Å². The van der Waals surface area contributed by atoms with Crippen LogP contribution in [-0.2, 0) is 4.74 Å². The standard InChI is InChI=1S/C18H20N4O3/c1-11(2)16-20-21-17(25-16)15-10-22(7-8-24-15)18(23)13-4-3-12-5-6-19-14(12)9-13/h3-6,9,11,15,19H,7-8,10H2,1-2H3. The summed E-state index contributed by atoms with van der Waals surface area (Å²) in [5.41, 5.74) is 1.61. The number of aromatic nitrogens is 3. The van der Waals surface area contributed by atoms with Gasteiger partial charge in [0.15, 0.2) is 6.10 Å². The van der Waals surface area contributed by atoms with Crippen molar-refractivity contribution in [1.82, 2.24) is 20.1 Å². The summed E-state index contributed by atoms with van der Waals surface area (Å²) in [7, 11) is 0. The molecule has 3 aromatic rings. The summed E-state index contributed by atoms with van der Waals surface area (Å²) in [6.07, 6.45) is 1.48. The van der Waals surface area contributed by atoms with Gasteiger partial charge in [-0.3, -0.25) is 4.79 Å². The molecule has 1 fully saturated rings. The molecule has 1 aromatic carbocycles. The van der Waals surface area contributed by atoms with Gasteiger partial charge in [0.1, 0.15) is 0 Å². The minimum absolute atomic E-state index is 0.0200. The maximum absolute atomic E-state index is 12.8. The van der Waals surface area contributed by atoms with Crippen LogP contribution in [-0.4, -0.2) is 45.7 Å². The number of rotatable bonds is 3. The first-order valence-corrected chi connectivity index (χ1v) is 8.43. The van der Waals surface area contributed by atoms with Gasteiger partial charge in [-0.15, -0.1) is 10.2 Å². The SMILES string of the molecule is CC(C)c1nnc(C2CN(C(=O)c3ccc4cc[nH]c4c3)CCO2)o1. The van der Waals surface area contributed by atoms with Gasteiger partial charge < -0.3 is 19.0 Å². The van der Waals surface area contributed by atoms with E-state index in [9.17, 15) is 4.79 Å². The van der Waals surface area contributed by atoms with Crippen molar-refractivity contribution < 1.29 is 13.9 Å². The number of benzene rings is 1. The first kappa shape index (κ1) is 15.8. The molecule has 7 heteroatoms. The van der Waals surface area contributed by atoms with Crippen LogP contribution in [0.15, 0.2) is 34.9 Å². The number of amides is 1. The summed E-state index contributed by atoms with van der Waals surface area (Å²) >= 11 is 0. The molecule has 3 heterocycles. The molecule has 0 bridgehead atoms. The van der Waals surface area contributed by atoms with Crippen LogP contribution in [0.1, 0.15) is 48.0 Å². The quantitative estimate of drug-likeness (QED) is 0.792. The lowest BCUT2D eigenvalue weighted by molar-refractivity contribution is -0.0351. The molecule has 0 radical (unpaired) electrons. The fourth-order valence-electron chi connectivity index (χ4n) is 2.96. The third-order valence-electron chi connectivity index (χ3n) is 4.38. The van der Waals surface area contributed by atoms with Gasteiger partial charge in [0.2, 0.25) is 11.8 Å². The molecule has 1 atom stereocenters. The van der Waals surface area contributed by atoms with Crippen LogP contribution < -0.4 is 0 Å². The summed E-state index contributed by atoms with van der Waals surface area (Å²) in [5, 5.41) is 9.21. The number of H-pyrrole nitrogens is 1. The van der Waals surface area contributed by atoms with Gasteiger partial charge >= 0.3 is 0 Å². The van der Waals surface area contributed by atoms with Crippen molar-refractivity contribution >= 4 is 16.8 Å². The molecule has 130 valence electrons. The molecule has 1 unspecified atom stereocenters. The molecule has 7 nitrogen and oxygen atoms in total. The molecule has 0 saturated carbocycles. The van der Waals surface area contributed by atoms with E-state index in [-0.39, 0.29) is 17.9 Å². The summed E-state index contributed by atoms with van der Waals surface area (Å²) in [6.45, 7) is 5.38. The maximum Gasteiger partial charge on any atom is 0.254 e. The Morgan fingerprint density at radius 3 is 3.00 bits per heavy atom. The van der Waals surface area contributed by atoms with Crippen molar-refractivity contribution in [1.29, 1.82) is 0 Å². The lowest BCUT2D eigenvalue weighted by Crippen LogP contribution is -2.42. The van der Waals surface area contributed by atoms with Crippen LogP contribution in [0.2, 0.25) is 0 Å². The summed E-state index contributed by atoms with van der Waals surface area (Å²) in [6, 6.07) is 7.67. The Morgan fingerprint density at radius 1 is 1.32 bits per heavy atom. The number of nitrogens with one attached hydrogen (secondary N) is 1. The third kappa shape index (κ3) is 3.02. The van der Waals surface area contributed by atoms with Gasteiger partial charge in [0.25, 0.3) is 5.91 Å². The van der Waals surface area contributed by atoms with Gasteiger partial charge in [0.05, 0.1) is 13.2 Å². The number of morpholine rings is 1. The van der Waals surface area contributed by atoms with Crippen LogP contribution in [0, 0.1) is 0 Å². The third-order valence-corrected chi connectivity index (χ3v) is 4.38. The molecule has 25 heavy (non-hydrogen) atoms. The minimum atomic E-state index is -0.382. The first-order chi connectivity index (χ1) is 12.1. The summed E-state index contributed by atoms with van der Waals surface area (Å²) in [4.78, 5) is 17.8. The molecule has 4 rings (SSSR count). The average molecular weight is 340 g/mol. The predicted molar refractivity (Wildman–Crippen MR) is 91.3 cm³/mol. The molecular formula is C18H20N4O3. The highest BCUT2D eigenvalue weighted by molar-refractivity contribution is 5.98. The number of nitrogens with zero attached hydrogens (tertiary/aromatic N) is 3. The molecule has 2 aromatic heterocycles. The van der Waals surface area contributed by atoms with Crippen LogP contribution in [0.4, 0.5) is 0 Å². The van der Waals surface area contributed by atoms with Gasteiger partial charge in [-0.05, 0) is 23.6 Å². The van der Waals surface area contributed by atoms with Crippen LogP contribution >= 0.6 is 0 Å². The second-order valence-electron chi connectivity index (χ2n) is 6.52. The van der Waals surface area contributed by atoms with E-state index in [0.717, 1.165) is 10.9 Å². The van der Waals surface area contributed by atoms with Crippen molar-refractivity contribution in [3.8, 4) is 0 Å². The van der Waals surface area contributed by atoms with E-state index in [1.807, 2.05) is 44.3 Å². The van der Waals surface area contributed by atoms with E-state index >= 15 is 0 Å². The van der Waals surface area contributed by atoms with E-state index in [1.165, 1.54) is 0 Å². The number of carbonyl (C=O) groups is 1. The van der Waals surface area contributed by atoms with Gasteiger partial charge in [0, 0.05) is 29.7 Å². The van der Waals surface area contributed by atoms with Crippen LogP contribution in [0.5, 0.6) is 0 Å². The summed E-state index contributed by atoms with van der Waals surface area (Å²) in [5.74, 6) is 1.16. The number of ether oxygens (including phenoxy) is 1. The Labute approximate surface area is 145 Å². The Balaban J connectivity index is 1.52. The molecule has 0 aliphatic carbocycles. The zero-order valence-corrected chi connectivity index (χ0v) is 14.2. The van der Waals surface area contributed by atoms with Gasteiger partial charge in [-0.25, -0.2) is 0 Å². The molecule has 0 spiro atoms. The first-order valence-electron chi connectivity index (χ1n) is 8.43. The average Bonchev–Trinajstić information content (AvgIpc) is 3.30. The van der Waals surface area contributed by atoms with Gasteiger partial charge in [-0.2, -0.15) is 0 Å². The largest absolute Gasteiger partial charge is 0.422 e. The fourth-order valence-corrected chi connectivity index (χ4v) is 2.96. The van der Waals surface area contributed by atoms with E-state index in [4.69, 9.17) is 9.15 Å². The topological polar surface area (TPSA) is 84.2 Å². The van der Waals surface area contributed by atoms with Crippen molar-refractivity contribution in [3.63, 3.8) is 0 Å². The van der Waals surface area contributed by atoms with Gasteiger partial charge in [-0.1, -0.05) is 19.9 Å². The number of aromatic amines is 1. The van der Waals surface area contributed by atoms with Crippen molar-refractivity contribution in [2.45, 2.75) is 25.9 Å². The normalized spacial score (nSPS) is 18.2. The zero-order chi connectivity index (χ0) is 17.4. The lowest BCUT2D eigenvalue weighted by Gasteiger charge is -2.31. The van der Waals surface area contributed by atoms with E-state index in [1.54, 1.807) is 4.90 Å². The van der Waals surface area contributed by atoms with Crippen molar-refractivity contribution in [3.05, 3.63) is 47.8 Å². The Morgan fingerprint density at radius 2 is 2.20 bits per heavy atom. The number of fused-ring (bicyclic) bond motifs is 1. The Kier molecular flexibility index (Phi) is 4.01. The Bertz CT molecular complexity index is 899. The van der Waals surface area contributed by atoms with Crippen molar-refractivity contribution in [2.75, 3.05) is 19.7 Å². The number of carbonyl (C=O) groups excluding carboxylic acids is 1. The smallest absolute Gasteiger partial charge is 0.254 e. The second kappa shape index (κ2) is 6.33. The number of hydrogen-bond donors (Lipinski definition) is 1. The molecule has 1 aliphatic heterocycles. The molecular weight excluding hydrogens is 320 g/mol. The minimum Gasteiger partial charge on any atom is -0.422 e. The molecule has 1 amide bonds. The number of hydrogen-bond acceptors (Lipinski definition) is 5. The fraction of sp³-hybridized carbons (Fsp3) is 0.389. The second-order valence-corrected chi connectivity index (χ2v) is 6.52. The lowest BCUT2D eigenvalue weighted by atomic mass is 10.1. The highest BCUT2D eigenvalue weighted by Crippen LogP contribution is 2.25. The Hall–Kier alpha value is -2.67. The van der Waals surface area contributed by atoms with E-state index < -0.39 is 0 Å². The highest BCUT2D eigenvalue weighted by atomic mass is 16.5. The summed E-state index contributed by atoms with van der Waals surface area (Å²) < 4.78 is 11.4. The molecule has 1 aliphatic rings. The zero-order valence-electron chi connectivity index (χ0n) is 14.2.